The number of nitrogens with one attached hydrogen (secondary N) is 1. The number of hydrogen-bond donors (Lipinski definition) is 2. The molecule has 0 aliphatic heterocycles. The highest BCUT2D eigenvalue weighted by molar-refractivity contribution is 6.04. The Balaban J connectivity index is 2.74. The van der Waals surface area contributed by atoms with E-state index in [1.54, 1.807) is 24.3 Å². The SMILES string of the molecule is CC(=O)c1ccc(NC(=O)C=C(C)C(=O)O)cc1. The Kier molecular flexibility index (Phi) is 4.37. The van der Waals surface area contributed by atoms with Crippen LogP contribution in [-0.4, -0.2) is 22.8 Å². The molecular weight excluding hydrogens is 234 g/mol. The molecule has 18 heavy (non-hydrogen) atoms. The quantitative estimate of drug-likeness (QED) is 0.628. The van der Waals surface area contributed by atoms with E-state index < -0.39 is 11.9 Å². The lowest BCUT2D eigenvalue weighted by atomic mass is 10.1. The lowest BCUT2D eigenvalue weighted by Gasteiger charge is -2.03. The van der Waals surface area contributed by atoms with E-state index in [4.69, 9.17) is 5.11 Å². The summed E-state index contributed by atoms with van der Waals surface area (Å²) in [5, 5.41) is 11.1. The van der Waals surface area contributed by atoms with Gasteiger partial charge in [-0.2, -0.15) is 0 Å². The summed E-state index contributed by atoms with van der Waals surface area (Å²) in [5.41, 5.74) is 0.998. The average Bonchev–Trinajstić information content (AvgIpc) is 2.29. The van der Waals surface area contributed by atoms with Gasteiger partial charge < -0.3 is 10.4 Å². The first-order chi connectivity index (χ1) is 8.40. The topological polar surface area (TPSA) is 83.5 Å². The molecule has 0 heterocycles. The van der Waals surface area contributed by atoms with Gasteiger partial charge in [0.15, 0.2) is 5.78 Å². The van der Waals surface area contributed by atoms with Gasteiger partial charge in [-0.1, -0.05) is 0 Å². The number of hydrogen-bond acceptors (Lipinski definition) is 3. The van der Waals surface area contributed by atoms with E-state index in [1.807, 2.05) is 0 Å². The molecule has 1 rings (SSSR count). The Morgan fingerprint density at radius 1 is 1.11 bits per heavy atom. The summed E-state index contributed by atoms with van der Waals surface area (Å²) in [6.45, 7) is 2.79. The highest BCUT2D eigenvalue weighted by Crippen LogP contribution is 2.10. The summed E-state index contributed by atoms with van der Waals surface area (Å²) in [7, 11) is 0. The Bertz CT molecular complexity index is 514. The summed E-state index contributed by atoms with van der Waals surface area (Å²) >= 11 is 0. The van der Waals surface area contributed by atoms with Crippen LogP contribution in [0.25, 0.3) is 0 Å². The van der Waals surface area contributed by atoms with Gasteiger partial charge in [0, 0.05) is 22.9 Å². The van der Waals surface area contributed by atoms with E-state index in [0.717, 1.165) is 6.08 Å². The molecule has 0 radical (unpaired) electrons. The molecular formula is C13H13NO4. The van der Waals surface area contributed by atoms with Gasteiger partial charge in [0.1, 0.15) is 0 Å². The summed E-state index contributed by atoms with van der Waals surface area (Å²) in [4.78, 5) is 33.0. The third-order valence-corrected chi connectivity index (χ3v) is 2.24. The maximum absolute atomic E-state index is 11.4. The van der Waals surface area contributed by atoms with E-state index in [-0.39, 0.29) is 11.4 Å². The second-order valence-corrected chi connectivity index (χ2v) is 3.76. The molecule has 94 valence electrons. The van der Waals surface area contributed by atoms with Crippen LogP contribution in [0.5, 0.6) is 0 Å². The van der Waals surface area contributed by atoms with Crippen molar-refractivity contribution in [2.75, 3.05) is 5.32 Å². The van der Waals surface area contributed by atoms with Crippen LogP contribution in [0.2, 0.25) is 0 Å². The van der Waals surface area contributed by atoms with E-state index >= 15 is 0 Å². The number of amides is 1. The molecule has 0 spiro atoms. The van der Waals surface area contributed by atoms with Gasteiger partial charge in [-0.25, -0.2) is 4.79 Å². The molecule has 0 bridgehead atoms. The molecule has 0 atom stereocenters. The van der Waals surface area contributed by atoms with Crippen molar-refractivity contribution in [1.29, 1.82) is 0 Å². The smallest absolute Gasteiger partial charge is 0.331 e. The van der Waals surface area contributed by atoms with Crippen molar-refractivity contribution in [2.24, 2.45) is 0 Å². The Labute approximate surface area is 104 Å². The maximum atomic E-state index is 11.4. The third-order valence-electron chi connectivity index (χ3n) is 2.24. The van der Waals surface area contributed by atoms with Crippen LogP contribution in [0, 0.1) is 0 Å². The van der Waals surface area contributed by atoms with Crippen LogP contribution in [0.1, 0.15) is 24.2 Å². The Morgan fingerprint density at radius 3 is 2.11 bits per heavy atom. The molecule has 5 nitrogen and oxygen atoms in total. The minimum atomic E-state index is -1.14. The van der Waals surface area contributed by atoms with Crippen LogP contribution in [0.15, 0.2) is 35.9 Å². The molecule has 5 heteroatoms. The van der Waals surface area contributed by atoms with Crippen molar-refractivity contribution in [1.82, 2.24) is 0 Å². The van der Waals surface area contributed by atoms with E-state index in [2.05, 4.69) is 5.32 Å². The number of aliphatic carboxylic acids is 1. The maximum Gasteiger partial charge on any atom is 0.331 e. The molecule has 2 N–H and O–H groups in total. The molecule has 0 aliphatic rings. The standard InChI is InChI=1S/C13H13NO4/c1-8(13(17)18)7-12(16)14-11-5-3-10(4-6-11)9(2)15/h3-7H,1-2H3,(H,14,16)(H,17,18). The monoisotopic (exact) mass is 247 g/mol. The second-order valence-electron chi connectivity index (χ2n) is 3.76. The molecule has 0 saturated heterocycles. The average molecular weight is 247 g/mol. The predicted molar refractivity (Wildman–Crippen MR) is 66.5 cm³/mol. The van der Waals surface area contributed by atoms with Gasteiger partial charge in [0.25, 0.3) is 0 Å². The molecule has 1 aromatic rings. The number of ketones is 1. The zero-order chi connectivity index (χ0) is 13.7. The number of carboxylic acid groups (broad SMARTS) is 1. The fraction of sp³-hybridized carbons (Fsp3) is 0.154. The fourth-order valence-electron chi connectivity index (χ4n) is 1.22. The first-order valence-electron chi connectivity index (χ1n) is 5.23. The molecule has 1 amide bonds. The highest BCUT2D eigenvalue weighted by atomic mass is 16.4. The zero-order valence-electron chi connectivity index (χ0n) is 10.1. The summed E-state index contributed by atoms with van der Waals surface area (Å²) < 4.78 is 0. The molecule has 0 fully saturated rings. The molecule has 0 saturated carbocycles. The predicted octanol–water partition coefficient (Wildman–Crippen LogP) is 1.86. The largest absolute Gasteiger partial charge is 0.478 e. The summed E-state index contributed by atoms with van der Waals surface area (Å²) in [5.74, 6) is -1.72. The molecule has 0 aromatic heterocycles. The first-order valence-corrected chi connectivity index (χ1v) is 5.23. The van der Waals surface area contributed by atoms with Crippen LogP contribution in [0.3, 0.4) is 0 Å². The van der Waals surface area contributed by atoms with Crippen LogP contribution in [-0.2, 0) is 9.59 Å². The third kappa shape index (κ3) is 3.86. The van der Waals surface area contributed by atoms with Crippen molar-refractivity contribution >= 4 is 23.3 Å². The fourth-order valence-corrected chi connectivity index (χ4v) is 1.22. The number of carbonyl (C=O) groups excluding carboxylic acids is 2. The minimum Gasteiger partial charge on any atom is -0.478 e. The number of rotatable bonds is 4. The number of carbonyl (C=O) groups is 3. The first kappa shape index (κ1) is 13.6. The number of anilines is 1. The highest BCUT2D eigenvalue weighted by Gasteiger charge is 2.05. The Hall–Kier alpha value is -2.43. The second kappa shape index (κ2) is 5.77. The van der Waals surface area contributed by atoms with Gasteiger partial charge in [-0.15, -0.1) is 0 Å². The van der Waals surface area contributed by atoms with Crippen LogP contribution < -0.4 is 5.32 Å². The van der Waals surface area contributed by atoms with Crippen molar-refractivity contribution in [3.63, 3.8) is 0 Å². The number of Topliss-reactive ketones (excluding diaryl/α,β-unsaturated/α-hetero) is 1. The van der Waals surface area contributed by atoms with Crippen LogP contribution >= 0.6 is 0 Å². The van der Waals surface area contributed by atoms with Gasteiger partial charge in [-0.3, -0.25) is 9.59 Å². The van der Waals surface area contributed by atoms with Gasteiger partial charge in [0.2, 0.25) is 5.91 Å². The van der Waals surface area contributed by atoms with Gasteiger partial charge in [-0.05, 0) is 38.1 Å². The van der Waals surface area contributed by atoms with Crippen molar-refractivity contribution in [3.8, 4) is 0 Å². The molecule has 0 unspecified atom stereocenters. The number of benzene rings is 1. The zero-order valence-corrected chi connectivity index (χ0v) is 10.1. The number of carboxylic acids is 1. The van der Waals surface area contributed by atoms with E-state index in [9.17, 15) is 14.4 Å². The van der Waals surface area contributed by atoms with E-state index in [1.165, 1.54) is 13.8 Å². The van der Waals surface area contributed by atoms with Crippen molar-refractivity contribution in [2.45, 2.75) is 13.8 Å². The van der Waals surface area contributed by atoms with E-state index in [0.29, 0.717) is 11.3 Å². The summed E-state index contributed by atoms with van der Waals surface area (Å²) in [6, 6.07) is 6.34. The van der Waals surface area contributed by atoms with Crippen molar-refractivity contribution in [3.05, 3.63) is 41.5 Å². The normalized spacial score (nSPS) is 10.9. The minimum absolute atomic E-state index is 0.0483. The van der Waals surface area contributed by atoms with Crippen LogP contribution in [0.4, 0.5) is 5.69 Å². The lowest BCUT2D eigenvalue weighted by molar-refractivity contribution is -0.132. The molecule has 0 aliphatic carbocycles. The van der Waals surface area contributed by atoms with Crippen molar-refractivity contribution < 1.29 is 19.5 Å². The Morgan fingerprint density at radius 2 is 1.67 bits per heavy atom. The lowest BCUT2D eigenvalue weighted by Crippen LogP contribution is -2.10. The summed E-state index contributed by atoms with van der Waals surface area (Å²) in [6.07, 6.45) is 1.00. The molecule has 1 aromatic carbocycles. The van der Waals surface area contributed by atoms with Gasteiger partial charge >= 0.3 is 5.97 Å². The van der Waals surface area contributed by atoms with Gasteiger partial charge in [0.05, 0.1) is 0 Å².